The van der Waals surface area contributed by atoms with Crippen LogP contribution in [0.15, 0.2) is 36.4 Å². The number of benzene rings is 2. The Balaban J connectivity index is 2.07. The SMILES string of the molecule is COc1ccc(NC(=O)C(=O)Nc2cc(C)cc(C)c2)cc1OC. The van der Waals surface area contributed by atoms with Crippen molar-refractivity contribution in [2.45, 2.75) is 13.8 Å². The maximum Gasteiger partial charge on any atom is 0.314 e. The van der Waals surface area contributed by atoms with Crippen LogP contribution in [0.5, 0.6) is 11.5 Å². The molecule has 0 heterocycles. The van der Waals surface area contributed by atoms with Crippen molar-refractivity contribution in [3.05, 3.63) is 47.5 Å². The van der Waals surface area contributed by atoms with Crippen LogP contribution in [0.2, 0.25) is 0 Å². The second-order valence-electron chi connectivity index (χ2n) is 5.35. The second-order valence-corrected chi connectivity index (χ2v) is 5.35. The Hall–Kier alpha value is -3.02. The normalized spacial score (nSPS) is 10.0. The Bertz CT molecular complexity index is 751. The zero-order valence-electron chi connectivity index (χ0n) is 14.1. The summed E-state index contributed by atoms with van der Waals surface area (Å²) in [5, 5.41) is 5.12. The van der Waals surface area contributed by atoms with Gasteiger partial charge < -0.3 is 20.1 Å². The van der Waals surface area contributed by atoms with E-state index < -0.39 is 11.8 Å². The van der Waals surface area contributed by atoms with Crippen LogP contribution < -0.4 is 20.1 Å². The Morgan fingerprint density at radius 2 is 1.29 bits per heavy atom. The predicted octanol–water partition coefficient (Wildman–Crippen LogP) is 2.90. The Kier molecular flexibility index (Phi) is 5.42. The van der Waals surface area contributed by atoms with Crippen molar-refractivity contribution in [2.75, 3.05) is 24.9 Å². The second kappa shape index (κ2) is 7.50. The highest BCUT2D eigenvalue weighted by atomic mass is 16.5. The van der Waals surface area contributed by atoms with Gasteiger partial charge in [-0.1, -0.05) is 6.07 Å². The van der Waals surface area contributed by atoms with E-state index in [1.165, 1.54) is 14.2 Å². The van der Waals surface area contributed by atoms with E-state index in [2.05, 4.69) is 10.6 Å². The molecular formula is C18H20N2O4. The lowest BCUT2D eigenvalue weighted by Gasteiger charge is -2.11. The van der Waals surface area contributed by atoms with Crippen molar-refractivity contribution in [3.63, 3.8) is 0 Å². The number of nitrogens with one attached hydrogen (secondary N) is 2. The monoisotopic (exact) mass is 328 g/mol. The molecule has 0 aliphatic carbocycles. The molecule has 0 unspecified atom stereocenters. The molecular weight excluding hydrogens is 308 g/mol. The van der Waals surface area contributed by atoms with Gasteiger partial charge >= 0.3 is 11.8 Å². The third kappa shape index (κ3) is 4.25. The largest absolute Gasteiger partial charge is 0.493 e. The molecule has 0 aromatic heterocycles. The maximum absolute atomic E-state index is 12.0. The van der Waals surface area contributed by atoms with E-state index in [9.17, 15) is 9.59 Å². The Morgan fingerprint density at radius 1 is 0.750 bits per heavy atom. The molecule has 0 saturated heterocycles. The smallest absolute Gasteiger partial charge is 0.314 e. The maximum atomic E-state index is 12.0. The van der Waals surface area contributed by atoms with Crippen LogP contribution in [0.3, 0.4) is 0 Å². The molecule has 2 aromatic carbocycles. The minimum absolute atomic E-state index is 0.438. The number of aryl methyl sites for hydroxylation is 2. The molecule has 2 N–H and O–H groups in total. The number of rotatable bonds is 4. The highest BCUT2D eigenvalue weighted by Crippen LogP contribution is 2.29. The van der Waals surface area contributed by atoms with Crippen molar-refractivity contribution >= 4 is 23.2 Å². The summed E-state index contributed by atoms with van der Waals surface area (Å²) in [7, 11) is 3.02. The molecule has 0 aliphatic heterocycles. The fraction of sp³-hybridized carbons (Fsp3) is 0.222. The van der Waals surface area contributed by atoms with Gasteiger partial charge in [0.2, 0.25) is 0 Å². The van der Waals surface area contributed by atoms with Crippen LogP contribution in [0.4, 0.5) is 11.4 Å². The van der Waals surface area contributed by atoms with Crippen LogP contribution in [0.25, 0.3) is 0 Å². The Labute approximate surface area is 140 Å². The number of ether oxygens (including phenoxy) is 2. The van der Waals surface area contributed by atoms with E-state index in [-0.39, 0.29) is 0 Å². The van der Waals surface area contributed by atoms with Gasteiger partial charge in [-0.15, -0.1) is 0 Å². The predicted molar refractivity (Wildman–Crippen MR) is 92.7 cm³/mol. The number of carbonyl (C=O) groups excluding carboxylic acids is 2. The minimum Gasteiger partial charge on any atom is -0.493 e. The first-order chi connectivity index (χ1) is 11.4. The first-order valence-electron chi connectivity index (χ1n) is 7.35. The molecule has 2 aromatic rings. The van der Waals surface area contributed by atoms with Gasteiger partial charge in [0.1, 0.15) is 0 Å². The third-order valence-corrected chi connectivity index (χ3v) is 3.33. The van der Waals surface area contributed by atoms with E-state index in [0.29, 0.717) is 22.9 Å². The van der Waals surface area contributed by atoms with Crippen molar-refractivity contribution in [3.8, 4) is 11.5 Å². The van der Waals surface area contributed by atoms with Crippen LogP contribution in [-0.4, -0.2) is 26.0 Å². The van der Waals surface area contributed by atoms with Gasteiger partial charge in [-0.25, -0.2) is 0 Å². The molecule has 2 rings (SSSR count). The summed E-state index contributed by atoms with van der Waals surface area (Å²) in [6, 6.07) is 10.4. The number of amides is 2. The fourth-order valence-corrected chi connectivity index (χ4v) is 2.34. The third-order valence-electron chi connectivity index (χ3n) is 3.33. The molecule has 0 aliphatic rings. The minimum atomic E-state index is -0.763. The lowest BCUT2D eigenvalue weighted by molar-refractivity contribution is -0.133. The summed E-state index contributed by atoms with van der Waals surface area (Å²) in [6.45, 7) is 3.85. The average molecular weight is 328 g/mol. The summed E-state index contributed by atoms with van der Waals surface area (Å²) < 4.78 is 10.3. The topological polar surface area (TPSA) is 76.7 Å². The molecule has 0 saturated carbocycles. The standard InChI is InChI=1S/C18H20N2O4/c1-11-7-12(2)9-14(8-11)20-18(22)17(21)19-13-5-6-15(23-3)16(10-13)24-4/h5-10H,1-4H3,(H,19,21)(H,20,22). The van der Waals surface area contributed by atoms with Crippen LogP contribution in [0, 0.1) is 13.8 Å². The van der Waals surface area contributed by atoms with Crippen molar-refractivity contribution in [2.24, 2.45) is 0 Å². The first kappa shape index (κ1) is 17.3. The molecule has 0 radical (unpaired) electrons. The van der Waals surface area contributed by atoms with Gasteiger partial charge in [0.05, 0.1) is 14.2 Å². The number of methoxy groups -OCH3 is 2. The van der Waals surface area contributed by atoms with Gasteiger partial charge in [0, 0.05) is 17.4 Å². The number of carbonyl (C=O) groups is 2. The van der Waals surface area contributed by atoms with E-state index >= 15 is 0 Å². The quantitative estimate of drug-likeness (QED) is 0.846. The van der Waals surface area contributed by atoms with E-state index in [4.69, 9.17) is 9.47 Å². The van der Waals surface area contributed by atoms with Crippen molar-refractivity contribution in [1.29, 1.82) is 0 Å². The molecule has 0 bridgehead atoms. The zero-order valence-corrected chi connectivity index (χ0v) is 14.1. The van der Waals surface area contributed by atoms with Crippen LogP contribution in [0.1, 0.15) is 11.1 Å². The van der Waals surface area contributed by atoms with Gasteiger partial charge in [-0.3, -0.25) is 9.59 Å². The highest BCUT2D eigenvalue weighted by Gasteiger charge is 2.15. The molecule has 24 heavy (non-hydrogen) atoms. The van der Waals surface area contributed by atoms with E-state index in [1.807, 2.05) is 19.9 Å². The molecule has 6 nitrogen and oxygen atoms in total. The molecule has 0 atom stereocenters. The summed E-state index contributed by atoms with van der Waals surface area (Å²) in [6.07, 6.45) is 0. The molecule has 0 spiro atoms. The summed E-state index contributed by atoms with van der Waals surface area (Å²) >= 11 is 0. The van der Waals surface area contributed by atoms with Crippen LogP contribution >= 0.6 is 0 Å². The first-order valence-corrected chi connectivity index (χ1v) is 7.35. The molecule has 2 amide bonds. The van der Waals surface area contributed by atoms with Gasteiger partial charge in [-0.05, 0) is 49.2 Å². The fourth-order valence-electron chi connectivity index (χ4n) is 2.34. The Morgan fingerprint density at radius 3 is 1.83 bits per heavy atom. The lowest BCUT2D eigenvalue weighted by atomic mass is 10.1. The van der Waals surface area contributed by atoms with Crippen molar-refractivity contribution < 1.29 is 19.1 Å². The lowest BCUT2D eigenvalue weighted by Crippen LogP contribution is -2.29. The summed E-state index contributed by atoms with van der Waals surface area (Å²) in [5.74, 6) is -0.503. The van der Waals surface area contributed by atoms with Crippen molar-refractivity contribution in [1.82, 2.24) is 0 Å². The molecule has 126 valence electrons. The highest BCUT2D eigenvalue weighted by molar-refractivity contribution is 6.43. The zero-order chi connectivity index (χ0) is 17.7. The van der Waals surface area contributed by atoms with Gasteiger partial charge in [0.25, 0.3) is 0 Å². The van der Waals surface area contributed by atoms with E-state index in [0.717, 1.165) is 11.1 Å². The van der Waals surface area contributed by atoms with Gasteiger partial charge in [0.15, 0.2) is 11.5 Å². The number of hydrogen-bond donors (Lipinski definition) is 2. The average Bonchev–Trinajstić information content (AvgIpc) is 2.53. The molecule has 6 heteroatoms. The van der Waals surface area contributed by atoms with Gasteiger partial charge in [-0.2, -0.15) is 0 Å². The summed E-state index contributed by atoms with van der Waals surface area (Å²) in [4.78, 5) is 24.1. The summed E-state index contributed by atoms with van der Waals surface area (Å²) in [5.41, 5.74) is 3.03. The number of anilines is 2. The van der Waals surface area contributed by atoms with E-state index in [1.54, 1.807) is 30.3 Å². The molecule has 0 fully saturated rings. The van der Waals surface area contributed by atoms with Crippen LogP contribution in [-0.2, 0) is 9.59 Å². The number of hydrogen-bond acceptors (Lipinski definition) is 4.